The highest BCUT2D eigenvalue weighted by Crippen LogP contribution is 2.44. The van der Waals surface area contributed by atoms with E-state index in [-0.39, 0.29) is 5.91 Å². The Morgan fingerprint density at radius 2 is 2.33 bits per heavy atom. The van der Waals surface area contributed by atoms with Gasteiger partial charge in [-0.3, -0.25) is 4.79 Å². The first kappa shape index (κ1) is 6.66. The summed E-state index contributed by atoms with van der Waals surface area (Å²) >= 11 is 1.69. The predicted octanol–water partition coefficient (Wildman–Crippen LogP) is 1.87. The van der Waals surface area contributed by atoms with Crippen LogP contribution < -0.4 is 5.32 Å². The van der Waals surface area contributed by atoms with Gasteiger partial charge in [-0.1, -0.05) is 0 Å². The van der Waals surface area contributed by atoms with Gasteiger partial charge in [-0.2, -0.15) is 0 Å². The number of rotatable bonds is 1. The molecule has 62 valence electrons. The molecular formula is C9H9NOS. The van der Waals surface area contributed by atoms with Crippen LogP contribution in [0.4, 0.5) is 0 Å². The van der Waals surface area contributed by atoms with Gasteiger partial charge in [0.05, 0.1) is 4.88 Å². The predicted molar refractivity (Wildman–Crippen MR) is 47.5 cm³/mol. The quantitative estimate of drug-likeness (QED) is 0.700. The fraction of sp³-hybridized carbons (Fsp3) is 0.444. The molecule has 2 nitrogen and oxygen atoms in total. The Hall–Kier alpha value is -0.830. The topological polar surface area (TPSA) is 29.1 Å². The average molecular weight is 179 g/mol. The van der Waals surface area contributed by atoms with Crippen molar-refractivity contribution in [3.05, 3.63) is 21.4 Å². The third-order valence-electron chi connectivity index (χ3n) is 2.45. The summed E-state index contributed by atoms with van der Waals surface area (Å²) in [6.07, 6.45) is 2.64. The summed E-state index contributed by atoms with van der Waals surface area (Å²) in [4.78, 5) is 13.6. The molecule has 1 N–H and O–H groups in total. The summed E-state index contributed by atoms with van der Waals surface area (Å²) < 4.78 is 0. The Labute approximate surface area is 74.6 Å². The molecule has 1 aliphatic carbocycles. The summed E-state index contributed by atoms with van der Waals surface area (Å²) in [5, 5.41) is 2.82. The van der Waals surface area contributed by atoms with E-state index in [2.05, 4.69) is 11.4 Å². The van der Waals surface area contributed by atoms with Crippen LogP contribution in [0.3, 0.4) is 0 Å². The van der Waals surface area contributed by atoms with E-state index in [1.165, 1.54) is 23.3 Å². The van der Waals surface area contributed by atoms with E-state index in [0.29, 0.717) is 0 Å². The van der Waals surface area contributed by atoms with Crippen molar-refractivity contribution < 1.29 is 4.79 Å². The molecule has 3 rings (SSSR count). The zero-order valence-corrected chi connectivity index (χ0v) is 7.41. The van der Waals surface area contributed by atoms with E-state index >= 15 is 0 Å². The minimum absolute atomic E-state index is 0.127. The molecule has 0 aromatic carbocycles. The van der Waals surface area contributed by atoms with Crippen LogP contribution in [0.1, 0.15) is 38.9 Å². The minimum atomic E-state index is 0.127. The molecule has 0 saturated heterocycles. The van der Waals surface area contributed by atoms with Crippen LogP contribution in [0.15, 0.2) is 6.07 Å². The van der Waals surface area contributed by atoms with Crippen LogP contribution in [0.25, 0.3) is 0 Å². The fourth-order valence-corrected chi connectivity index (χ4v) is 2.86. The maximum atomic E-state index is 11.2. The summed E-state index contributed by atoms with van der Waals surface area (Å²) in [5.74, 6) is 0.912. The number of carbonyl (C=O) groups excluding carboxylic acids is 1. The molecule has 0 unspecified atom stereocenters. The Kier molecular flexibility index (Phi) is 1.17. The Bertz CT molecular complexity index is 351. The van der Waals surface area contributed by atoms with Crippen molar-refractivity contribution in [2.24, 2.45) is 0 Å². The van der Waals surface area contributed by atoms with Crippen LogP contribution in [0.5, 0.6) is 0 Å². The van der Waals surface area contributed by atoms with Gasteiger partial charge < -0.3 is 5.32 Å². The molecule has 1 amide bonds. The average Bonchev–Trinajstić information content (AvgIpc) is 2.73. The summed E-state index contributed by atoms with van der Waals surface area (Å²) in [6, 6.07) is 2.20. The van der Waals surface area contributed by atoms with Gasteiger partial charge in [0.15, 0.2) is 0 Å². The van der Waals surface area contributed by atoms with Crippen LogP contribution >= 0.6 is 11.3 Å². The number of nitrogens with one attached hydrogen (secondary N) is 1. The van der Waals surface area contributed by atoms with Crippen molar-refractivity contribution in [1.82, 2.24) is 5.32 Å². The first-order valence-corrected chi connectivity index (χ1v) is 5.07. The monoisotopic (exact) mass is 179 g/mol. The summed E-state index contributed by atoms with van der Waals surface area (Å²) in [5.41, 5.74) is 1.21. The van der Waals surface area contributed by atoms with Crippen molar-refractivity contribution in [2.45, 2.75) is 25.3 Å². The van der Waals surface area contributed by atoms with Crippen molar-refractivity contribution in [3.63, 3.8) is 0 Å². The van der Waals surface area contributed by atoms with Gasteiger partial charge >= 0.3 is 0 Å². The zero-order chi connectivity index (χ0) is 8.13. The SMILES string of the molecule is O=C1NCc2cc(C3CC3)sc21. The van der Waals surface area contributed by atoms with Crippen molar-refractivity contribution >= 4 is 17.2 Å². The highest BCUT2D eigenvalue weighted by Gasteiger charge is 2.30. The Balaban J connectivity index is 2.06. The van der Waals surface area contributed by atoms with Crippen LogP contribution in [0.2, 0.25) is 0 Å². The van der Waals surface area contributed by atoms with Crippen molar-refractivity contribution in [1.29, 1.82) is 0 Å². The maximum Gasteiger partial charge on any atom is 0.261 e. The van der Waals surface area contributed by atoms with Gasteiger partial charge in [-0.05, 0) is 30.4 Å². The molecule has 2 aliphatic rings. The lowest BCUT2D eigenvalue weighted by atomic mass is 10.2. The molecule has 1 fully saturated rings. The number of thiophene rings is 1. The fourth-order valence-electron chi connectivity index (χ4n) is 1.60. The van der Waals surface area contributed by atoms with Gasteiger partial charge in [0.1, 0.15) is 0 Å². The molecule has 0 spiro atoms. The molecule has 2 heterocycles. The first-order chi connectivity index (χ1) is 5.84. The minimum Gasteiger partial charge on any atom is -0.347 e. The maximum absolute atomic E-state index is 11.2. The third-order valence-corrected chi connectivity index (χ3v) is 3.79. The highest BCUT2D eigenvalue weighted by molar-refractivity contribution is 7.14. The molecule has 1 aromatic heterocycles. The van der Waals surface area contributed by atoms with E-state index in [9.17, 15) is 4.79 Å². The molecule has 0 radical (unpaired) electrons. The highest BCUT2D eigenvalue weighted by atomic mass is 32.1. The molecule has 0 bridgehead atoms. The largest absolute Gasteiger partial charge is 0.347 e. The third kappa shape index (κ3) is 0.829. The summed E-state index contributed by atoms with van der Waals surface area (Å²) in [7, 11) is 0. The smallest absolute Gasteiger partial charge is 0.261 e. The number of hydrogen-bond acceptors (Lipinski definition) is 2. The van der Waals surface area contributed by atoms with Gasteiger partial charge in [-0.25, -0.2) is 0 Å². The van der Waals surface area contributed by atoms with E-state index in [1.54, 1.807) is 11.3 Å². The molecule has 1 aromatic rings. The lowest BCUT2D eigenvalue weighted by Crippen LogP contribution is -2.12. The summed E-state index contributed by atoms with van der Waals surface area (Å²) in [6.45, 7) is 0.747. The number of fused-ring (bicyclic) bond motifs is 1. The lowest BCUT2D eigenvalue weighted by Gasteiger charge is -1.90. The standard InChI is InChI=1S/C9H9NOS/c11-9-8-6(4-10-9)3-7(12-8)5-1-2-5/h3,5H,1-2,4H2,(H,10,11). The number of hydrogen-bond donors (Lipinski definition) is 1. The van der Waals surface area contributed by atoms with Gasteiger partial charge in [0.25, 0.3) is 5.91 Å². The van der Waals surface area contributed by atoms with Crippen LogP contribution in [-0.4, -0.2) is 5.91 Å². The Morgan fingerprint density at radius 1 is 1.50 bits per heavy atom. The zero-order valence-electron chi connectivity index (χ0n) is 6.59. The van der Waals surface area contributed by atoms with Crippen molar-refractivity contribution in [2.75, 3.05) is 0 Å². The Morgan fingerprint density at radius 3 is 3.00 bits per heavy atom. The second kappa shape index (κ2) is 2.10. The number of amides is 1. The van der Waals surface area contributed by atoms with Gasteiger partial charge in [0, 0.05) is 11.4 Å². The first-order valence-electron chi connectivity index (χ1n) is 4.25. The van der Waals surface area contributed by atoms with E-state index in [0.717, 1.165) is 17.3 Å². The normalized spacial score (nSPS) is 20.8. The van der Waals surface area contributed by atoms with Gasteiger partial charge in [0.2, 0.25) is 0 Å². The van der Waals surface area contributed by atoms with Crippen molar-refractivity contribution in [3.8, 4) is 0 Å². The van der Waals surface area contributed by atoms with Gasteiger partial charge in [-0.15, -0.1) is 11.3 Å². The second-order valence-electron chi connectivity index (χ2n) is 3.46. The van der Waals surface area contributed by atoms with E-state index in [1.807, 2.05) is 0 Å². The molecule has 1 saturated carbocycles. The number of carbonyl (C=O) groups is 1. The molecule has 3 heteroatoms. The van der Waals surface area contributed by atoms with Crippen LogP contribution in [0, 0.1) is 0 Å². The lowest BCUT2D eigenvalue weighted by molar-refractivity contribution is 0.0969. The van der Waals surface area contributed by atoms with Crippen LogP contribution in [-0.2, 0) is 6.54 Å². The molecular weight excluding hydrogens is 170 g/mol. The van der Waals surface area contributed by atoms with E-state index < -0.39 is 0 Å². The molecule has 12 heavy (non-hydrogen) atoms. The molecule has 0 atom stereocenters. The second-order valence-corrected chi connectivity index (χ2v) is 4.54. The molecule has 1 aliphatic heterocycles. The van der Waals surface area contributed by atoms with E-state index in [4.69, 9.17) is 0 Å².